The molecule has 1 aromatic rings. The molecule has 21 heavy (non-hydrogen) atoms. The first-order valence-electron chi connectivity index (χ1n) is 6.80. The second-order valence-electron chi connectivity index (χ2n) is 4.84. The van der Waals surface area contributed by atoms with Gasteiger partial charge >= 0.3 is 6.72 Å². The van der Waals surface area contributed by atoms with Crippen molar-refractivity contribution in [3.05, 3.63) is 34.4 Å². The normalized spacial score (nSPS) is 18.9. The van der Waals surface area contributed by atoms with Crippen LogP contribution in [-0.2, 0) is 20.9 Å². The van der Waals surface area contributed by atoms with Crippen LogP contribution in [0, 0.1) is 10.1 Å². The monoisotopic (exact) mass is 331 g/mol. The molecule has 0 radical (unpaired) electrons. The van der Waals surface area contributed by atoms with Crippen LogP contribution in [0.25, 0.3) is 0 Å². The number of nitro benzene ring substituents is 1. The van der Waals surface area contributed by atoms with Crippen molar-refractivity contribution in [1.29, 1.82) is 0 Å². The Morgan fingerprint density at radius 2 is 1.86 bits per heavy atom. The first kappa shape index (κ1) is 16.4. The predicted molar refractivity (Wildman–Crippen MR) is 83.0 cm³/mol. The summed E-state index contributed by atoms with van der Waals surface area (Å²) in [6.45, 7) is -2.87. The van der Waals surface area contributed by atoms with Crippen molar-refractivity contribution in [3.63, 3.8) is 0 Å². The number of rotatable bonds is 6. The molecule has 0 bridgehead atoms. The number of non-ortho nitro benzene ring substituents is 1. The van der Waals surface area contributed by atoms with Gasteiger partial charge in [0.05, 0.1) is 11.0 Å². The second kappa shape index (κ2) is 7.31. The molecule has 0 N–H and O–H groups in total. The molecule has 1 aromatic carbocycles. The summed E-state index contributed by atoms with van der Waals surface area (Å²) in [5.41, 5.74) is 0.00117. The lowest BCUT2D eigenvalue weighted by atomic mass is 9.98. The minimum Gasteiger partial charge on any atom is -0.424 e. The standard InChI is InChI=1S/C13H18NO5PS/c1-17-20(21,18-12-5-3-2-4-6-12)19-13-9-7-11(8-10-13)14(15)16/h7-10,12H,2-6H2,1H3. The van der Waals surface area contributed by atoms with E-state index in [0.29, 0.717) is 5.75 Å². The molecule has 0 heterocycles. The second-order valence-corrected chi connectivity index (χ2v) is 7.83. The van der Waals surface area contributed by atoms with Gasteiger partial charge in [-0.3, -0.25) is 14.6 Å². The Balaban J connectivity index is 2.02. The van der Waals surface area contributed by atoms with E-state index in [1.165, 1.54) is 37.8 Å². The van der Waals surface area contributed by atoms with Crippen LogP contribution >= 0.6 is 6.72 Å². The molecule has 0 saturated heterocycles. The Bertz CT molecular complexity index is 530. The molecule has 1 saturated carbocycles. The highest BCUT2D eigenvalue weighted by Gasteiger charge is 2.27. The van der Waals surface area contributed by atoms with Gasteiger partial charge in [0.15, 0.2) is 0 Å². The number of nitro groups is 1. The van der Waals surface area contributed by atoms with Gasteiger partial charge in [0, 0.05) is 31.0 Å². The highest BCUT2D eigenvalue weighted by Crippen LogP contribution is 2.51. The third-order valence-corrected chi connectivity index (χ3v) is 5.69. The summed E-state index contributed by atoms with van der Waals surface area (Å²) in [5.74, 6) is 0.418. The zero-order valence-corrected chi connectivity index (χ0v) is 13.5. The fourth-order valence-electron chi connectivity index (χ4n) is 2.21. The van der Waals surface area contributed by atoms with E-state index in [9.17, 15) is 10.1 Å². The van der Waals surface area contributed by atoms with Crippen LogP contribution in [0.5, 0.6) is 5.75 Å². The Kier molecular flexibility index (Phi) is 5.70. The molecule has 8 heteroatoms. The SMILES string of the molecule is COP(=S)(Oc1ccc([N+](=O)[O-])cc1)OC1CCCCC1. The predicted octanol–water partition coefficient (Wildman–Crippen LogP) is 4.19. The molecule has 1 unspecified atom stereocenters. The van der Waals surface area contributed by atoms with E-state index in [-0.39, 0.29) is 11.8 Å². The molecule has 116 valence electrons. The number of nitrogens with zero attached hydrogens (tertiary/aromatic N) is 1. The summed E-state index contributed by atoms with van der Waals surface area (Å²) in [6, 6.07) is 5.74. The number of benzene rings is 1. The summed E-state index contributed by atoms with van der Waals surface area (Å²) in [7, 11) is 1.47. The smallest absolute Gasteiger partial charge is 0.380 e. The molecule has 1 fully saturated rings. The van der Waals surface area contributed by atoms with Gasteiger partial charge in [0.1, 0.15) is 5.75 Å². The summed E-state index contributed by atoms with van der Waals surface area (Å²) < 4.78 is 16.8. The Morgan fingerprint density at radius 3 is 2.38 bits per heavy atom. The van der Waals surface area contributed by atoms with Gasteiger partial charge in [-0.15, -0.1) is 0 Å². The quantitative estimate of drug-likeness (QED) is 0.442. The van der Waals surface area contributed by atoms with Crippen molar-refractivity contribution in [3.8, 4) is 5.75 Å². The fourth-order valence-corrected chi connectivity index (χ4v) is 4.00. The van der Waals surface area contributed by atoms with Gasteiger partial charge in [-0.2, -0.15) is 0 Å². The molecule has 1 aliphatic rings. The van der Waals surface area contributed by atoms with E-state index in [1.807, 2.05) is 0 Å². The van der Waals surface area contributed by atoms with Gasteiger partial charge in [-0.1, -0.05) is 19.3 Å². The van der Waals surface area contributed by atoms with Crippen molar-refractivity contribution in [2.45, 2.75) is 38.2 Å². The maximum atomic E-state index is 10.6. The molecule has 1 aliphatic carbocycles. The highest BCUT2D eigenvalue weighted by molar-refractivity contribution is 8.07. The molecular formula is C13H18NO5PS. The van der Waals surface area contributed by atoms with Crippen LogP contribution in [-0.4, -0.2) is 18.1 Å². The molecule has 1 atom stereocenters. The number of hydrogen-bond acceptors (Lipinski definition) is 6. The van der Waals surface area contributed by atoms with Crippen LogP contribution in [0.1, 0.15) is 32.1 Å². The van der Waals surface area contributed by atoms with Gasteiger partial charge in [0.25, 0.3) is 5.69 Å². The first-order valence-corrected chi connectivity index (χ1v) is 9.36. The number of hydrogen-bond donors (Lipinski definition) is 0. The highest BCUT2D eigenvalue weighted by atomic mass is 32.5. The lowest BCUT2D eigenvalue weighted by Crippen LogP contribution is -2.17. The summed E-state index contributed by atoms with van der Waals surface area (Å²) in [6.07, 6.45) is 5.47. The molecule has 0 spiro atoms. The van der Waals surface area contributed by atoms with E-state index in [1.54, 1.807) is 0 Å². The molecule has 0 aromatic heterocycles. The van der Waals surface area contributed by atoms with Crippen LogP contribution in [0.3, 0.4) is 0 Å². The van der Waals surface area contributed by atoms with Gasteiger partial charge in [-0.05, 0) is 25.0 Å². The van der Waals surface area contributed by atoms with Crippen molar-refractivity contribution < 1.29 is 18.5 Å². The average molecular weight is 331 g/mol. The van der Waals surface area contributed by atoms with Crippen molar-refractivity contribution in [1.82, 2.24) is 0 Å². The minimum atomic E-state index is -2.87. The lowest BCUT2D eigenvalue weighted by molar-refractivity contribution is -0.384. The zero-order chi connectivity index (χ0) is 15.3. The van der Waals surface area contributed by atoms with Crippen LogP contribution < -0.4 is 4.52 Å². The van der Waals surface area contributed by atoms with Crippen LogP contribution in [0.2, 0.25) is 0 Å². The maximum Gasteiger partial charge on any atom is 0.380 e. The molecule has 0 amide bonds. The third-order valence-electron chi connectivity index (χ3n) is 3.32. The van der Waals surface area contributed by atoms with Crippen molar-refractivity contribution in [2.24, 2.45) is 0 Å². The Morgan fingerprint density at radius 1 is 1.24 bits per heavy atom. The summed E-state index contributed by atoms with van der Waals surface area (Å²) in [4.78, 5) is 10.2. The molecule has 6 nitrogen and oxygen atoms in total. The minimum absolute atomic E-state index is 0.00117. The Hall–Kier alpha value is -1.01. The van der Waals surface area contributed by atoms with E-state index in [0.717, 1.165) is 25.7 Å². The largest absolute Gasteiger partial charge is 0.424 e. The third kappa shape index (κ3) is 4.74. The van der Waals surface area contributed by atoms with E-state index < -0.39 is 11.6 Å². The summed E-state index contributed by atoms with van der Waals surface area (Å²) >= 11 is 5.36. The van der Waals surface area contributed by atoms with Gasteiger partial charge in [-0.25, -0.2) is 0 Å². The maximum absolute atomic E-state index is 10.6. The van der Waals surface area contributed by atoms with Gasteiger partial charge < -0.3 is 9.05 Å². The molecule has 0 aliphatic heterocycles. The van der Waals surface area contributed by atoms with Crippen LogP contribution in [0.15, 0.2) is 24.3 Å². The van der Waals surface area contributed by atoms with Crippen molar-refractivity contribution >= 4 is 24.2 Å². The fraction of sp³-hybridized carbons (Fsp3) is 0.538. The topological polar surface area (TPSA) is 70.8 Å². The average Bonchev–Trinajstić information content (AvgIpc) is 2.48. The van der Waals surface area contributed by atoms with Crippen molar-refractivity contribution in [2.75, 3.05) is 7.11 Å². The first-order chi connectivity index (χ1) is 10.0. The summed E-state index contributed by atoms with van der Waals surface area (Å²) in [5, 5.41) is 10.6. The lowest BCUT2D eigenvalue weighted by Gasteiger charge is -2.28. The van der Waals surface area contributed by atoms with E-state index in [4.69, 9.17) is 25.4 Å². The Labute approximate surface area is 128 Å². The van der Waals surface area contributed by atoms with E-state index in [2.05, 4.69) is 0 Å². The molecular weight excluding hydrogens is 313 g/mol. The molecule has 2 rings (SSSR count). The van der Waals surface area contributed by atoms with Crippen LogP contribution in [0.4, 0.5) is 5.69 Å². The zero-order valence-electron chi connectivity index (χ0n) is 11.8. The van der Waals surface area contributed by atoms with E-state index >= 15 is 0 Å². The van der Waals surface area contributed by atoms with Gasteiger partial charge in [0.2, 0.25) is 0 Å².